The highest BCUT2D eigenvalue weighted by molar-refractivity contribution is 5.95. The number of aryl methyl sites for hydroxylation is 2. The van der Waals surface area contributed by atoms with Crippen LogP contribution < -0.4 is 10.6 Å². The molecule has 0 aliphatic carbocycles. The summed E-state index contributed by atoms with van der Waals surface area (Å²) in [4.78, 5) is 44.6. The fourth-order valence-electron chi connectivity index (χ4n) is 4.79. The van der Waals surface area contributed by atoms with Crippen molar-refractivity contribution in [3.8, 4) is 0 Å². The third-order valence-corrected chi connectivity index (χ3v) is 6.65. The lowest BCUT2D eigenvalue weighted by Crippen LogP contribution is -2.59. The lowest BCUT2D eigenvalue weighted by Gasteiger charge is -2.43. The van der Waals surface area contributed by atoms with Gasteiger partial charge in [0.05, 0.1) is 18.2 Å². The van der Waals surface area contributed by atoms with Crippen molar-refractivity contribution in [2.45, 2.75) is 66.1 Å². The van der Waals surface area contributed by atoms with Crippen LogP contribution >= 0.6 is 0 Å². The van der Waals surface area contributed by atoms with E-state index >= 15 is 0 Å². The summed E-state index contributed by atoms with van der Waals surface area (Å²) >= 11 is 0. The molecule has 0 saturated carbocycles. The first-order valence-corrected chi connectivity index (χ1v) is 12.6. The number of carbonyl (C=O) groups excluding carboxylic acids is 3. The minimum absolute atomic E-state index is 0.0229. The minimum atomic E-state index is -0.598. The van der Waals surface area contributed by atoms with Crippen LogP contribution in [0.4, 0.5) is 9.59 Å². The molecule has 2 atom stereocenters. The molecule has 0 bridgehead atoms. The first-order valence-electron chi connectivity index (χ1n) is 12.6. The maximum Gasteiger partial charge on any atom is 0.338 e. The van der Waals surface area contributed by atoms with E-state index in [0.717, 1.165) is 16.7 Å². The molecule has 2 heterocycles. The fraction of sp³-hybridized carbons (Fsp3) is 0.593. The van der Waals surface area contributed by atoms with Crippen molar-refractivity contribution < 1.29 is 19.1 Å². The molecule has 0 aromatic heterocycles. The van der Waals surface area contributed by atoms with Gasteiger partial charge < -0.3 is 20.3 Å². The quantitative estimate of drug-likeness (QED) is 0.606. The van der Waals surface area contributed by atoms with Crippen molar-refractivity contribution in [3.05, 3.63) is 46.2 Å². The molecule has 2 aliphatic rings. The van der Waals surface area contributed by atoms with Crippen LogP contribution in [0.3, 0.4) is 0 Å². The molecule has 2 N–H and O–H groups in total. The van der Waals surface area contributed by atoms with Crippen LogP contribution in [0.1, 0.15) is 57.4 Å². The van der Waals surface area contributed by atoms with Crippen molar-refractivity contribution in [1.29, 1.82) is 0 Å². The summed E-state index contributed by atoms with van der Waals surface area (Å²) in [5.41, 5.74) is 3.69. The molecule has 0 unspecified atom stereocenters. The van der Waals surface area contributed by atoms with Gasteiger partial charge >= 0.3 is 18.0 Å². The van der Waals surface area contributed by atoms with Crippen LogP contribution in [0.5, 0.6) is 0 Å². The van der Waals surface area contributed by atoms with E-state index in [1.165, 1.54) is 4.90 Å². The topological polar surface area (TPSA) is 94.2 Å². The normalized spacial score (nSPS) is 21.4. The third-order valence-electron chi connectivity index (χ3n) is 6.65. The van der Waals surface area contributed by atoms with Gasteiger partial charge in [0.1, 0.15) is 0 Å². The monoisotopic (exact) mass is 499 g/mol. The van der Waals surface area contributed by atoms with E-state index in [4.69, 9.17) is 4.74 Å². The maximum absolute atomic E-state index is 13.3. The van der Waals surface area contributed by atoms with Crippen LogP contribution in [0.25, 0.3) is 0 Å². The number of rotatable bonds is 5. The number of urea groups is 2. The molecule has 0 radical (unpaired) electrons. The summed E-state index contributed by atoms with van der Waals surface area (Å²) in [5.74, 6) is -0.429. The highest BCUT2D eigenvalue weighted by Crippen LogP contribution is 2.33. The van der Waals surface area contributed by atoms with Gasteiger partial charge in [-0.25, -0.2) is 14.4 Å². The molecular weight excluding hydrogens is 458 g/mol. The van der Waals surface area contributed by atoms with Crippen molar-refractivity contribution in [3.63, 3.8) is 0 Å². The van der Waals surface area contributed by atoms with Crippen molar-refractivity contribution >= 4 is 18.0 Å². The molecule has 3 rings (SSSR count). The number of amides is 4. The molecule has 9 heteroatoms. The van der Waals surface area contributed by atoms with E-state index < -0.39 is 12.0 Å². The zero-order chi connectivity index (χ0) is 26.8. The second kappa shape index (κ2) is 10.9. The van der Waals surface area contributed by atoms with Gasteiger partial charge in [0.2, 0.25) is 0 Å². The Balaban J connectivity index is 1.93. The number of nitrogens with zero attached hydrogens (tertiary/aromatic N) is 3. The number of nitrogens with one attached hydrogen (secondary N) is 2. The molecule has 0 spiro atoms. The van der Waals surface area contributed by atoms with E-state index in [9.17, 15) is 14.4 Å². The van der Waals surface area contributed by atoms with E-state index in [0.29, 0.717) is 37.4 Å². The van der Waals surface area contributed by atoms with Crippen LogP contribution in [-0.4, -0.2) is 84.1 Å². The number of likely N-dealkylation sites (N-methyl/N-ethyl adjacent to an activating group) is 1. The van der Waals surface area contributed by atoms with Crippen LogP contribution in [0, 0.1) is 13.8 Å². The molecule has 1 fully saturated rings. The van der Waals surface area contributed by atoms with Gasteiger partial charge in [0, 0.05) is 50.5 Å². The number of hydrogen-bond acceptors (Lipinski definition) is 5. The second-order valence-electron chi connectivity index (χ2n) is 10.8. The van der Waals surface area contributed by atoms with Gasteiger partial charge in [-0.1, -0.05) is 23.8 Å². The first kappa shape index (κ1) is 27.5. The molecule has 36 heavy (non-hydrogen) atoms. The zero-order valence-corrected chi connectivity index (χ0v) is 22.9. The standard InChI is InChI=1S/C27H41N5O4/c1-9-36-24(33)22-21(16-31-12-13-32(19(4)15-31)26(35)29-27(5,6)7)30(8)25(34)28-23(22)20-14-17(2)10-11-18(20)3/h10-11,14,19,23H,9,12-13,15-16H2,1-8H3,(H,28,34)(H,29,35)/t19-,23+/m0/s1. The highest BCUT2D eigenvalue weighted by Gasteiger charge is 2.39. The van der Waals surface area contributed by atoms with E-state index in [2.05, 4.69) is 15.5 Å². The average molecular weight is 500 g/mol. The van der Waals surface area contributed by atoms with E-state index in [-0.39, 0.29) is 30.2 Å². The Morgan fingerprint density at radius 1 is 1.19 bits per heavy atom. The van der Waals surface area contributed by atoms with Crippen LogP contribution in [0.15, 0.2) is 29.5 Å². The number of ether oxygens (including phenoxy) is 1. The number of esters is 1. The Morgan fingerprint density at radius 3 is 2.50 bits per heavy atom. The Morgan fingerprint density at radius 2 is 1.89 bits per heavy atom. The second-order valence-corrected chi connectivity index (χ2v) is 10.8. The summed E-state index contributed by atoms with van der Waals surface area (Å²) < 4.78 is 5.47. The van der Waals surface area contributed by atoms with Crippen molar-refractivity contribution in [1.82, 2.24) is 25.3 Å². The van der Waals surface area contributed by atoms with Gasteiger partial charge in [-0.3, -0.25) is 9.80 Å². The Kier molecular flexibility index (Phi) is 8.33. The van der Waals surface area contributed by atoms with Crippen LogP contribution in [0.2, 0.25) is 0 Å². The van der Waals surface area contributed by atoms with Gasteiger partial charge in [-0.15, -0.1) is 0 Å². The zero-order valence-electron chi connectivity index (χ0n) is 22.9. The fourth-order valence-corrected chi connectivity index (χ4v) is 4.79. The molecule has 198 valence electrons. The lowest BCUT2D eigenvalue weighted by atomic mass is 9.90. The highest BCUT2D eigenvalue weighted by atomic mass is 16.5. The first-order chi connectivity index (χ1) is 16.8. The number of carbonyl (C=O) groups is 3. The summed E-state index contributed by atoms with van der Waals surface area (Å²) in [6.45, 7) is 16.1. The molecular formula is C27H41N5O4. The van der Waals surface area contributed by atoms with Crippen molar-refractivity contribution in [2.75, 3.05) is 39.8 Å². The summed E-state index contributed by atoms with van der Waals surface area (Å²) in [5, 5.41) is 6.04. The Labute approximate surface area is 214 Å². The number of benzene rings is 1. The predicted octanol–water partition coefficient (Wildman–Crippen LogP) is 3.33. The van der Waals surface area contributed by atoms with Gasteiger partial charge in [-0.2, -0.15) is 0 Å². The smallest absolute Gasteiger partial charge is 0.338 e. The molecule has 1 saturated heterocycles. The minimum Gasteiger partial charge on any atom is -0.463 e. The largest absolute Gasteiger partial charge is 0.463 e. The van der Waals surface area contributed by atoms with Crippen LogP contribution in [-0.2, 0) is 9.53 Å². The lowest BCUT2D eigenvalue weighted by molar-refractivity contribution is -0.139. The van der Waals surface area contributed by atoms with E-state index in [1.54, 1.807) is 14.0 Å². The number of hydrogen-bond donors (Lipinski definition) is 2. The van der Waals surface area contributed by atoms with Gasteiger partial charge in [0.25, 0.3) is 0 Å². The Hall–Kier alpha value is -3.07. The third kappa shape index (κ3) is 6.19. The molecule has 4 amide bonds. The summed E-state index contributed by atoms with van der Waals surface area (Å²) in [6.07, 6.45) is 0. The molecule has 2 aliphatic heterocycles. The molecule has 1 aromatic rings. The SMILES string of the molecule is CCOC(=O)C1=C(CN2CCN(C(=O)NC(C)(C)C)[C@@H](C)C2)N(C)C(=O)N[C@@H]1c1cc(C)ccc1C. The van der Waals surface area contributed by atoms with E-state index in [1.807, 2.05) is 64.6 Å². The molecule has 9 nitrogen and oxygen atoms in total. The predicted molar refractivity (Wildman–Crippen MR) is 140 cm³/mol. The summed E-state index contributed by atoms with van der Waals surface area (Å²) in [7, 11) is 1.68. The van der Waals surface area contributed by atoms with Gasteiger partial charge in [0.15, 0.2) is 0 Å². The van der Waals surface area contributed by atoms with Crippen molar-refractivity contribution in [2.24, 2.45) is 0 Å². The van der Waals surface area contributed by atoms with Gasteiger partial charge in [-0.05, 0) is 59.6 Å². The average Bonchev–Trinajstić information content (AvgIpc) is 2.77. The number of piperazine rings is 1. The molecule has 1 aromatic carbocycles. The Bertz CT molecular complexity index is 1050. The summed E-state index contributed by atoms with van der Waals surface area (Å²) in [6, 6.07) is 5.06. The maximum atomic E-state index is 13.3.